The molecule has 0 aliphatic heterocycles. The fourth-order valence-corrected chi connectivity index (χ4v) is 2.86. The van der Waals surface area contributed by atoms with Gasteiger partial charge in [0.2, 0.25) is 5.91 Å². The number of amides is 1. The maximum atomic E-state index is 12.4. The molecule has 6 heteroatoms. The Morgan fingerprint density at radius 3 is 2.32 bits per heavy atom. The highest BCUT2D eigenvalue weighted by atomic mass is 16.4. The summed E-state index contributed by atoms with van der Waals surface area (Å²) in [6, 6.07) is 4.48. The Balaban J connectivity index is 2.19. The third kappa shape index (κ3) is 3.44. The van der Waals surface area contributed by atoms with E-state index >= 15 is 0 Å². The third-order valence-electron chi connectivity index (χ3n) is 4.16. The maximum Gasteiger partial charge on any atom is 0.335 e. The summed E-state index contributed by atoms with van der Waals surface area (Å²) in [5, 5.41) is 20.9. The number of carbonyl (C=O) groups is 3. The molecule has 118 valence electrons. The number of carbonyl (C=O) groups excluding carboxylic acids is 1. The van der Waals surface area contributed by atoms with E-state index in [4.69, 9.17) is 5.11 Å². The molecule has 1 aliphatic carbocycles. The minimum Gasteiger partial charge on any atom is -0.481 e. The van der Waals surface area contributed by atoms with Crippen molar-refractivity contribution in [3.8, 4) is 0 Å². The van der Waals surface area contributed by atoms with Crippen LogP contribution in [-0.4, -0.2) is 28.1 Å². The zero-order chi connectivity index (χ0) is 16.3. The third-order valence-corrected chi connectivity index (χ3v) is 4.16. The highest BCUT2D eigenvalue weighted by Crippen LogP contribution is 2.31. The van der Waals surface area contributed by atoms with Crippen LogP contribution in [0, 0.1) is 18.8 Å². The second-order valence-electron chi connectivity index (χ2n) is 5.66. The molecule has 0 spiro atoms. The van der Waals surface area contributed by atoms with Gasteiger partial charge in [0, 0.05) is 5.69 Å². The van der Waals surface area contributed by atoms with Crippen LogP contribution < -0.4 is 5.32 Å². The van der Waals surface area contributed by atoms with Gasteiger partial charge in [-0.3, -0.25) is 9.59 Å². The zero-order valence-corrected chi connectivity index (χ0v) is 12.3. The molecule has 1 aromatic carbocycles. The average Bonchev–Trinajstić information content (AvgIpc) is 2.49. The van der Waals surface area contributed by atoms with Crippen LogP contribution in [0.2, 0.25) is 0 Å². The molecule has 0 bridgehead atoms. The summed E-state index contributed by atoms with van der Waals surface area (Å²) in [4.78, 5) is 34.7. The van der Waals surface area contributed by atoms with Gasteiger partial charge in [0.1, 0.15) is 0 Å². The standard InChI is InChI=1S/C16H19NO5/c1-9-6-7-10(15(19)20)8-13(9)17-14(18)11-4-2-3-5-12(11)16(21)22/h6-8,11-12H,2-5H2,1H3,(H,17,18)(H,19,20)(H,21,22). The van der Waals surface area contributed by atoms with Gasteiger partial charge in [-0.2, -0.15) is 0 Å². The van der Waals surface area contributed by atoms with Crippen LogP contribution in [0.15, 0.2) is 18.2 Å². The number of anilines is 1. The summed E-state index contributed by atoms with van der Waals surface area (Å²) in [6.45, 7) is 1.76. The normalized spacial score (nSPS) is 21.1. The Morgan fingerprint density at radius 1 is 1.09 bits per heavy atom. The first kappa shape index (κ1) is 16.0. The number of carboxylic acids is 2. The summed E-state index contributed by atoms with van der Waals surface area (Å²) in [6.07, 6.45) is 2.69. The van der Waals surface area contributed by atoms with E-state index in [9.17, 15) is 19.5 Å². The van der Waals surface area contributed by atoms with Crippen LogP contribution in [0.3, 0.4) is 0 Å². The molecule has 6 nitrogen and oxygen atoms in total. The summed E-state index contributed by atoms with van der Waals surface area (Å²) in [5.74, 6) is -3.61. The van der Waals surface area contributed by atoms with Crippen LogP contribution >= 0.6 is 0 Å². The Bertz CT molecular complexity index is 611. The molecule has 0 radical (unpaired) electrons. The van der Waals surface area contributed by atoms with Gasteiger partial charge >= 0.3 is 11.9 Å². The zero-order valence-electron chi connectivity index (χ0n) is 12.3. The molecule has 2 rings (SSSR count). The van der Waals surface area contributed by atoms with Crippen LogP contribution in [0.5, 0.6) is 0 Å². The monoisotopic (exact) mass is 305 g/mol. The SMILES string of the molecule is Cc1ccc(C(=O)O)cc1NC(=O)C1CCCCC1C(=O)O. The lowest BCUT2D eigenvalue weighted by molar-refractivity contribution is -0.147. The van der Waals surface area contributed by atoms with Gasteiger partial charge < -0.3 is 15.5 Å². The van der Waals surface area contributed by atoms with Crippen molar-refractivity contribution < 1.29 is 24.6 Å². The predicted octanol–water partition coefficient (Wildman–Crippen LogP) is 2.52. The van der Waals surface area contributed by atoms with Crippen molar-refractivity contribution in [1.29, 1.82) is 0 Å². The van der Waals surface area contributed by atoms with Crippen LogP contribution in [-0.2, 0) is 9.59 Å². The van der Waals surface area contributed by atoms with Crippen molar-refractivity contribution in [3.63, 3.8) is 0 Å². The van der Waals surface area contributed by atoms with E-state index < -0.39 is 23.8 Å². The first-order chi connectivity index (χ1) is 10.4. The topological polar surface area (TPSA) is 104 Å². The van der Waals surface area contributed by atoms with Gasteiger partial charge in [0.05, 0.1) is 17.4 Å². The Kier molecular flexibility index (Phi) is 4.80. The number of aliphatic carboxylic acids is 1. The molecule has 2 unspecified atom stereocenters. The van der Waals surface area contributed by atoms with E-state index in [0.29, 0.717) is 18.5 Å². The maximum absolute atomic E-state index is 12.4. The Hall–Kier alpha value is -2.37. The number of aromatic carboxylic acids is 1. The van der Waals surface area contributed by atoms with E-state index in [2.05, 4.69) is 5.32 Å². The van der Waals surface area contributed by atoms with Crippen LogP contribution in [0.4, 0.5) is 5.69 Å². The molecule has 3 N–H and O–H groups in total. The lowest BCUT2D eigenvalue weighted by Crippen LogP contribution is -2.36. The number of carboxylic acid groups (broad SMARTS) is 2. The van der Waals surface area contributed by atoms with Crippen molar-refractivity contribution in [2.45, 2.75) is 32.6 Å². The van der Waals surface area contributed by atoms with Gasteiger partial charge in [-0.25, -0.2) is 4.79 Å². The number of hydrogen-bond acceptors (Lipinski definition) is 3. The van der Waals surface area contributed by atoms with Gasteiger partial charge in [0.25, 0.3) is 0 Å². The quantitative estimate of drug-likeness (QED) is 0.793. The molecule has 1 aliphatic rings. The summed E-state index contributed by atoms with van der Waals surface area (Å²) in [5.41, 5.74) is 1.24. The van der Waals surface area contributed by atoms with Crippen molar-refractivity contribution in [2.24, 2.45) is 11.8 Å². The number of aryl methyl sites for hydroxylation is 1. The molecule has 0 heterocycles. The lowest BCUT2D eigenvalue weighted by Gasteiger charge is -2.27. The van der Waals surface area contributed by atoms with Gasteiger partial charge in [-0.05, 0) is 37.5 Å². The van der Waals surface area contributed by atoms with E-state index in [0.717, 1.165) is 18.4 Å². The van der Waals surface area contributed by atoms with Gasteiger partial charge in [-0.15, -0.1) is 0 Å². The summed E-state index contributed by atoms with van der Waals surface area (Å²) < 4.78 is 0. The smallest absolute Gasteiger partial charge is 0.335 e. The average molecular weight is 305 g/mol. The minimum atomic E-state index is -1.07. The number of nitrogens with one attached hydrogen (secondary N) is 1. The molecule has 0 aromatic heterocycles. The first-order valence-electron chi connectivity index (χ1n) is 7.27. The molecule has 1 saturated carbocycles. The van der Waals surface area contributed by atoms with E-state index in [1.54, 1.807) is 13.0 Å². The van der Waals surface area contributed by atoms with Crippen molar-refractivity contribution in [1.82, 2.24) is 0 Å². The minimum absolute atomic E-state index is 0.0827. The van der Waals surface area contributed by atoms with Crippen molar-refractivity contribution in [3.05, 3.63) is 29.3 Å². The van der Waals surface area contributed by atoms with Gasteiger partial charge in [-0.1, -0.05) is 18.9 Å². The predicted molar refractivity (Wildman–Crippen MR) is 79.9 cm³/mol. The van der Waals surface area contributed by atoms with Crippen molar-refractivity contribution >= 4 is 23.5 Å². The fraction of sp³-hybridized carbons (Fsp3) is 0.438. The molecule has 1 aromatic rings. The first-order valence-corrected chi connectivity index (χ1v) is 7.27. The number of rotatable bonds is 4. The van der Waals surface area contributed by atoms with Crippen molar-refractivity contribution in [2.75, 3.05) is 5.32 Å². The second kappa shape index (κ2) is 6.60. The highest BCUT2D eigenvalue weighted by Gasteiger charge is 2.35. The lowest BCUT2D eigenvalue weighted by atomic mass is 9.78. The molecule has 2 atom stereocenters. The molecular weight excluding hydrogens is 286 g/mol. The van der Waals surface area contributed by atoms with Gasteiger partial charge in [0.15, 0.2) is 0 Å². The summed E-state index contributed by atoms with van der Waals surface area (Å²) >= 11 is 0. The second-order valence-corrected chi connectivity index (χ2v) is 5.66. The molecule has 1 amide bonds. The van der Waals surface area contributed by atoms with Crippen LogP contribution in [0.1, 0.15) is 41.6 Å². The van der Waals surface area contributed by atoms with E-state index in [1.165, 1.54) is 12.1 Å². The number of benzene rings is 1. The molecular formula is C16H19NO5. The number of hydrogen-bond donors (Lipinski definition) is 3. The largest absolute Gasteiger partial charge is 0.481 e. The Labute approximate surface area is 128 Å². The fourth-order valence-electron chi connectivity index (χ4n) is 2.86. The highest BCUT2D eigenvalue weighted by molar-refractivity contribution is 5.97. The van der Waals surface area contributed by atoms with E-state index in [1.807, 2.05) is 0 Å². The van der Waals surface area contributed by atoms with E-state index in [-0.39, 0.29) is 11.5 Å². The molecule has 0 saturated heterocycles. The van der Waals surface area contributed by atoms with Crippen LogP contribution in [0.25, 0.3) is 0 Å². The molecule has 1 fully saturated rings. The molecule has 22 heavy (non-hydrogen) atoms. The Morgan fingerprint density at radius 2 is 1.73 bits per heavy atom. The summed E-state index contributed by atoms with van der Waals surface area (Å²) in [7, 11) is 0.